The molecule has 6 nitrogen and oxygen atoms in total. The Morgan fingerprint density at radius 1 is 0.970 bits per heavy atom. The fourth-order valence-electron chi connectivity index (χ4n) is 5.44. The van der Waals surface area contributed by atoms with Crippen molar-refractivity contribution in [2.24, 2.45) is 4.99 Å². The number of aliphatic imine (C=N–C) groups is 1. The van der Waals surface area contributed by atoms with Gasteiger partial charge in [0.25, 0.3) is 0 Å². The molecule has 1 unspecified atom stereocenters. The van der Waals surface area contributed by atoms with Gasteiger partial charge in [-0.2, -0.15) is 0 Å². The molecule has 5 rings (SSSR count). The van der Waals surface area contributed by atoms with Crippen molar-refractivity contribution < 1.29 is 4.79 Å². The SMILES string of the molecule is CC(C)c1cc(N2C(=O)NC(=NC3CCCC3)C2c2ccc(N3CCCC3)cc2)ccc1N. The minimum atomic E-state index is -0.255. The van der Waals surface area contributed by atoms with Crippen LogP contribution in [-0.2, 0) is 0 Å². The molecule has 0 aromatic heterocycles. The predicted octanol–water partition coefficient (Wildman–Crippen LogP) is 5.60. The van der Waals surface area contributed by atoms with Gasteiger partial charge in [-0.15, -0.1) is 0 Å². The molecule has 0 radical (unpaired) electrons. The third kappa shape index (κ3) is 4.31. The number of urea groups is 1. The number of carbonyl (C=O) groups is 1. The summed E-state index contributed by atoms with van der Waals surface area (Å²) in [5.74, 6) is 1.05. The van der Waals surface area contributed by atoms with Crippen LogP contribution in [0.25, 0.3) is 0 Å². The summed E-state index contributed by atoms with van der Waals surface area (Å²) in [6.45, 7) is 6.49. The number of hydrogen-bond donors (Lipinski definition) is 2. The van der Waals surface area contributed by atoms with Gasteiger partial charge in [-0.3, -0.25) is 15.2 Å². The van der Waals surface area contributed by atoms with Gasteiger partial charge in [0.2, 0.25) is 0 Å². The molecule has 3 fully saturated rings. The molecule has 2 saturated heterocycles. The van der Waals surface area contributed by atoms with Crippen molar-refractivity contribution in [2.75, 3.05) is 28.6 Å². The lowest BCUT2D eigenvalue weighted by Gasteiger charge is -2.26. The average molecular weight is 446 g/mol. The molecular weight excluding hydrogens is 410 g/mol. The van der Waals surface area contributed by atoms with Crippen LogP contribution in [0.3, 0.4) is 0 Å². The van der Waals surface area contributed by atoms with Crippen LogP contribution in [0.15, 0.2) is 47.5 Å². The monoisotopic (exact) mass is 445 g/mol. The van der Waals surface area contributed by atoms with Gasteiger partial charge in [-0.05, 0) is 73.1 Å². The zero-order valence-corrected chi connectivity index (χ0v) is 19.8. The predicted molar refractivity (Wildman–Crippen MR) is 136 cm³/mol. The van der Waals surface area contributed by atoms with Gasteiger partial charge >= 0.3 is 6.03 Å². The van der Waals surface area contributed by atoms with E-state index in [2.05, 4.69) is 54.4 Å². The summed E-state index contributed by atoms with van der Waals surface area (Å²) >= 11 is 0. The van der Waals surface area contributed by atoms with Crippen LogP contribution in [0.1, 0.15) is 75.5 Å². The Kier molecular flexibility index (Phi) is 6.00. The molecular formula is C27H35N5O. The lowest BCUT2D eigenvalue weighted by molar-refractivity contribution is 0.252. The molecule has 2 aromatic rings. The molecule has 1 saturated carbocycles. The molecule has 2 aromatic carbocycles. The number of amides is 2. The van der Waals surface area contributed by atoms with Crippen LogP contribution in [0.4, 0.5) is 21.9 Å². The molecule has 3 aliphatic rings. The van der Waals surface area contributed by atoms with E-state index >= 15 is 0 Å². The summed E-state index contributed by atoms with van der Waals surface area (Å²) < 4.78 is 0. The van der Waals surface area contributed by atoms with Crippen LogP contribution in [0.2, 0.25) is 0 Å². The number of nitrogens with one attached hydrogen (secondary N) is 1. The summed E-state index contributed by atoms with van der Waals surface area (Å²) in [6.07, 6.45) is 7.13. The minimum Gasteiger partial charge on any atom is -0.398 e. The highest BCUT2D eigenvalue weighted by atomic mass is 16.2. The molecule has 2 heterocycles. The number of nitrogens with two attached hydrogens (primary N) is 1. The van der Waals surface area contributed by atoms with E-state index in [9.17, 15) is 4.79 Å². The lowest BCUT2D eigenvalue weighted by atomic mass is 9.99. The Morgan fingerprint density at radius 3 is 2.30 bits per heavy atom. The van der Waals surface area contributed by atoms with Crippen molar-refractivity contribution in [1.82, 2.24) is 5.32 Å². The molecule has 3 N–H and O–H groups in total. The van der Waals surface area contributed by atoms with Gasteiger partial charge in [0.1, 0.15) is 11.9 Å². The zero-order valence-electron chi connectivity index (χ0n) is 19.8. The molecule has 2 amide bonds. The smallest absolute Gasteiger partial charge is 0.328 e. The average Bonchev–Trinajstić information content (AvgIpc) is 3.56. The highest BCUT2D eigenvalue weighted by Crippen LogP contribution is 2.37. The summed E-state index contributed by atoms with van der Waals surface area (Å²) in [5, 5.41) is 3.11. The van der Waals surface area contributed by atoms with E-state index in [-0.39, 0.29) is 18.0 Å². The summed E-state index contributed by atoms with van der Waals surface area (Å²) in [7, 11) is 0. The molecule has 2 aliphatic heterocycles. The van der Waals surface area contributed by atoms with Gasteiger partial charge in [0.05, 0.1) is 6.04 Å². The maximum atomic E-state index is 13.3. The standard InChI is InChI=1S/C27H35N5O/c1-18(2)23-17-22(13-14-24(23)28)32-25(26(30-27(32)33)29-20-7-3-4-8-20)19-9-11-21(12-10-19)31-15-5-6-16-31/h9-14,17-18,20,25H,3-8,15-16,28H2,1-2H3,(H,29,30,33). The highest BCUT2D eigenvalue weighted by molar-refractivity contribution is 6.16. The van der Waals surface area contributed by atoms with Crippen molar-refractivity contribution >= 4 is 28.9 Å². The van der Waals surface area contributed by atoms with Crippen molar-refractivity contribution in [2.45, 2.75) is 70.4 Å². The van der Waals surface area contributed by atoms with Crippen LogP contribution >= 0.6 is 0 Å². The number of rotatable bonds is 5. The Balaban J connectivity index is 1.54. The van der Waals surface area contributed by atoms with Gasteiger partial charge in [0.15, 0.2) is 0 Å². The van der Waals surface area contributed by atoms with Crippen LogP contribution in [0, 0.1) is 0 Å². The highest BCUT2D eigenvalue weighted by Gasteiger charge is 2.39. The third-order valence-electron chi connectivity index (χ3n) is 7.27. The first-order valence-corrected chi connectivity index (χ1v) is 12.4. The number of nitrogens with zero attached hydrogens (tertiary/aromatic N) is 3. The minimum absolute atomic E-state index is 0.125. The first-order valence-electron chi connectivity index (χ1n) is 12.4. The summed E-state index contributed by atoms with van der Waals surface area (Å²) in [6, 6.07) is 14.5. The maximum absolute atomic E-state index is 13.3. The Labute approximate surface area is 196 Å². The number of amidine groups is 1. The zero-order chi connectivity index (χ0) is 22.9. The van der Waals surface area contributed by atoms with Gasteiger partial charge < -0.3 is 10.6 Å². The molecule has 33 heavy (non-hydrogen) atoms. The molecule has 1 aliphatic carbocycles. The number of anilines is 3. The van der Waals surface area contributed by atoms with Crippen molar-refractivity contribution in [1.29, 1.82) is 0 Å². The fraction of sp³-hybridized carbons (Fsp3) is 0.481. The summed E-state index contributed by atoms with van der Waals surface area (Å²) in [5.41, 5.74) is 11.2. The number of carbonyl (C=O) groups excluding carboxylic acids is 1. The second-order valence-corrected chi connectivity index (χ2v) is 9.91. The molecule has 174 valence electrons. The van der Waals surface area contributed by atoms with Gasteiger partial charge in [-0.1, -0.05) is 38.8 Å². The largest absolute Gasteiger partial charge is 0.398 e. The fourth-order valence-corrected chi connectivity index (χ4v) is 5.44. The molecule has 1 atom stereocenters. The Bertz CT molecular complexity index is 1030. The van der Waals surface area contributed by atoms with Gasteiger partial charge in [-0.25, -0.2) is 4.79 Å². The maximum Gasteiger partial charge on any atom is 0.328 e. The first kappa shape index (κ1) is 21.8. The van der Waals surface area contributed by atoms with E-state index < -0.39 is 0 Å². The van der Waals surface area contributed by atoms with Crippen LogP contribution < -0.4 is 20.9 Å². The van der Waals surface area contributed by atoms with E-state index in [1.807, 2.05) is 17.0 Å². The van der Waals surface area contributed by atoms with Crippen molar-refractivity contribution in [3.63, 3.8) is 0 Å². The molecule has 0 bridgehead atoms. The van der Waals surface area contributed by atoms with E-state index in [0.717, 1.165) is 54.3 Å². The number of hydrogen-bond acceptors (Lipinski definition) is 4. The van der Waals surface area contributed by atoms with E-state index in [1.165, 1.54) is 31.4 Å². The van der Waals surface area contributed by atoms with E-state index in [1.54, 1.807) is 0 Å². The van der Waals surface area contributed by atoms with Gasteiger partial charge in [0, 0.05) is 30.2 Å². The molecule has 6 heteroatoms. The summed E-state index contributed by atoms with van der Waals surface area (Å²) in [4.78, 5) is 22.6. The van der Waals surface area contributed by atoms with Crippen molar-refractivity contribution in [3.05, 3.63) is 53.6 Å². The second-order valence-electron chi connectivity index (χ2n) is 9.91. The quantitative estimate of drug-likeness (QED) is 0.588. The van der Waals surface area contributed by atoms with Crippen LogP contribution in [-0.4, -0.2) is 31.0 Å². The third-order valence-corrected chi connectivity index (χ3v) is 7.27. The van der Waals surface area contributed by atoms with E-state index in [0.29, 0.717) is 6.04 Å². The van der Waals surface area contributed by atoms with Crippen molar-refractivity contribution in [3.8, 4) is 0 Å². The van der Waals surface area contributed by atoms with E-state index in [4.69, 9.17) is 10.7 Å². The normalized spacial score (nSPS) is 22.7. The Hall–Kier alpha value is -3.02. The first-order chi connectivity index (χ1) is 16.0. The lowest BCUT2D eigenvalue weighted by Crippen LogP contribution is -2.29. The van der Waals surface area contributed by atoms with Crippen LogP contribution in [0.5, 0.6) is 0 Å². The Morgan fingerprint density at radius 2 is 1.64 bits per heavy atom. The second kappa shape index (κ2) is 9.08. The topological polar surface area (TPSA) is 74.0 Å². The number of nitrogen functional groups attached to an aromatic ring is 1. The molecule has 0 spiro atoms. The number of benzene rings is 2.